The molecular formula is C16H17ClN4OS. The van der Waals surface area contributed by atoms with Gasteiger partial charge in [-0.1, -0.05) is 35.1 Å². The zero-order chi connectivity index (χ0) is 15.6. The number of nitrogens with zero attached hydrogens (tertiary/aromatic N) is 3. The van der Waals surface area contributed by atoms with E-state index >= 15 is 0 Å². The lowest BCUT2D eigenvalue weighted by Crippen LogP contribution is -2.22. The minimum atomic E-state index is 0.663. The average Bonchev–Trinajstić information content (AvgIpc) is 3.15. The molecule has 0 unspecified atom stereocenters. The predicted molar refractivity (Wildman–Crippen MR) is 93.3 cm³/mol. The van der Waals surface area contributed by atoms with E-state index in [2.05, 4.69) is 15.4 Å². The van der Waals surface area contributed by atoms with Crippen LogP contribution in [0.3, 0.4) is 0 Å². The van der Waals surface area contributed by atoms with Crippen molar-refractivity contribution in [2.75, 3.05) is 25.1 Å². The van der Waals surface area contributed by atoms with Crippen LogP contribution in [0.1, 0.15) is 12.8 Å². The number of imidazole rings is 1. The number of halogens is 1. The molecule has 0 bridgehead atoms. The lowest BCUT2D eigenvalue weighted by atomic mass is 10.0. The van der Waals surface area contributed by atoms with Crippen molar-refractivity contribution >= 4 is 33.0 Å². The summed E-state index contributed by atoms with van der Waals surface area (Å²) in [7, 11) is 0. The molecule has 3 heterocycles. The molecule has 0 aliphatic carbocycles. The van der Waals surface area contributed by atoms with Gasteiger partial charge in [0, 0.05) is 30.3 Å². The third-order valence-corrected chi connectivity index (χ3v) is 5.24. The molecule has 0 atom stereocenters. The normalized spacial score (nSPS) is 16.0. The lowest BCUT2D eigenvalue weighted by Gasteiger charge is -2.21. The van der Waals surface area contributed by atoms with Gasteiger partial charge in [-0.3, -0.25) is 0 Å². The number of aromatic nitrogens is 3. The summed E-state index contributed by atoms with van der Waals surface area (Å²) in [5, 5.41) is 9.74. The Morgan fingerprint density at radius 3 is 2.83 bits per heavy atom. The highest BCUT2D eigenvalue weighted by atomic mass is 35.5. The van der Waals surface area contributed by atoms with Crippen molar-refractivity contribution in [1.29, 1.82) is 0 Å². The van der Waals surface area contributed by atoms with E-state index in [1.54, 1.807) is 11.3 Å². The highest BCUT2D eigenvalue weighted by Crippen LogP contribution is 2.27. The summed E-state index contributed by atoms with van der Waals surface area (Å²) < 4.78 is 7.29. The monoisotopic (exact) mass is 348 g/mol. The highest BCUT2D eigenvalue weighted by molar-refractivity contribution is 7.20. The van der Waals surface area contributed by atoms with Gasteiger partial charge in [0.05, 0.1) is 11.9 Å². The van der Waals surface area contributed by atoms with Crippen LogP contribution in [0.25, 0.3) is 16.2 Å². The van der Waals surface area contributed by atoms with Crippen molar-refractivity contribution in [3.63, 3.8) is 0 Å². The first-order chi connectivity index (χ1) is 11.3. The second-order valence-corrected chi connectivity index (χ2v) is 7.08. The quantitative estimate of drug-likeness (QED) is 0.775. The zero-order valence-corrected chi connectivity index (χ0v) is 14.1. The number of nitrogens with one attached hydrogen (secondary N) is 1. The second-order valence-electron chi connectivity index (χ2n) is 5.69. The van der Waals surface area contributed by atoms with E-state index in [0.29, 0.717) is 5.92 Å². The number of hydrogen-bond donors (Lipinski definition) is 1. The van der Waals surface area contributed by atoms with Crippen LogP contribution in [0.2, 0.25) is 5.02 Å². The summed E-state index contributed by atoms with van der Waals surface area (Å²) >= 11 is 7.53. The highest BCUT2D eigenvalue weighted by Gasteiger charge is 2.15. The molecule has 2 aromatic heterocycles. The fraction of sp³-hybridized carbons (Fsp3) is 0.375. The van der Waals surface area contributed by atoms with Gasteiger partial charge < -0.3 is 10.1 Å². The smallest absolute Gasteiger partial charge is 0.214 e. The molecular weight excluding hydrogens is 332 g/mol. The molecule has 1 aliphatic heterocycles. The number of anilines is 1. The van der Waals surface area contributed by atoms with E-state index in [9.17, 15) is 0 Å². The van der Waals surface area contributed by atoms with Crippen molar-refractivity contribution in [1.82, 2.24) is 14.6 Å². The van der Waals surface area contributed by atoms with Crippen molar-refractivity contribution < 1.29 is 4.74 Å². The van der Waals surface area contributed by atoms with Gasteiger partial charge in [0.1, 0.15) is 0 Å². The molecule has 1 aromatic carbocycles. The topological polar surface area (TPSA) is 51.5 Å². The zero-order valence-electron chi connectivity index (χ0n) is 12.5. The van der Waals surface area contributed by atoms with Gasteiger partial charge in [0.25, 0.3) is 0 Å². The standard InChI is InChI=1S/C16H17ClN4OS/c17-13-3-1-12(2-4-13)14-10-19-16-21(14)20-15(23-16)18-9-11-5-7-22-8-6-11/h1-4,10-11H,5-9H2,(H,18,20). The van der Waals surface area contributed by atoms with Crippen molar-refractivity contribution in [2.24, 2.45) is 5.92 Å². The van der Waals surface area contributed by atoms with Gasteiger partial charge in [-0.25, -0.2) is 9.50 Å². The molecule has 23 heavy (non-hydrogen) atoms. The van der Waals surface area contributed by atoms with E-state index < -0.39 is 0 Å². The molecule has 1 fully saturated rings. The summed E-state index contributed by atoms with van der Waals surface area (Å²) in [5.41, 5.74) is 2.04. The Balaban J connectivity index is 1.53. The van der Waals surface area contributed by atoms with Gasteiger partial charge in [0.15, 0.2) is 0 Å². The van der Waals surface area contributed by atoms with Gasteiger partial charge in [0.2, 0.25) is 10.1 Å². The minimum Gasteiger partial charge on any atom is -0.381 e. The first-order valence-electron chi connectivity index (χ1n) is 7.72. The molecule has 5 nitrogen and oxygen atoms in total. The number of hydrogen-bond acceptors (Lipinski definition) is 5. The van der Waals surface area contributed by atoms with Crippen molar-refractivity contribution in [2.45, 2.75) is 12.8 Å². The lowest BCUT2D eigenvalue weighted by molar-refractivity contribution is 0.0699. The Hall–Kier alpha value is -1.63. The van der Waals surface area contributed by atoms with Crippen LogP contribution in [-0.2, 0) is 4.74 Å². The molecule has 4 rings (SSSR count). The van der Waals surface area contributed by atoms with Crippen molar-refractivity contribution in [3.05, 3.63) is 35.5 Å². The molecule has 0 spiro atoms. The van der Waals surface area contributed by atoms with Gasteiger partial charge in [-0.2, -0.15) is 0 Å². The van der Waals surface area contributed by atoms with Crippen LogP contribution in [0.15, 0.2) is 30.5 Å². The molecule has 7 heteroatoms. The Labute approximate surface area is 143 Å². The van der Waals surface area contributed by atoms with Crippen LogP contribution in [0.5, 0.6) is 0 Å². The molecule has 0 amide bonds. The van der Waals surface area contributed by atoms with Crippen LogP contribution >= 0.6 is 22.9 Å². The van der Waals surface area contributed by atoms with E-state index in [1.807, 2.05) is 35.0 Å². The number of ether oxygens (including phenoxy) is 1. The SMILES string of the molecule is Clc1ccc(-c2cnc3sc(NCC4CCOCC4)nn23)cc1. The first kappa shape index (κ1) is 14.9. The third-order valence-electron chi connectivity index (χ3n) is 4.11. The molecule has 0 saturated carbocycles. The molecule has 1 saturated heterocycles. The van der Waals surface area contributed by atoms with Gasteiger partial charge >= 0.3 is 0 Å². The van der Waals surface area contributed by atoms with E-state index in [-0.39, 0.29) is 0 Å². The summed E-state index contributed by atoms with van der Waals surface area (Å²) in [6, 6.07) is 7.74. The summed E-state index contributed by atoms with van der Waals surface area (Å²) in [4.78, 5) is 5.35. The Morgan fingerprint density at radius 2 is 2.04 bits per heavy atom. The van der Waals surface area contributed by atoms with Crippen LogP contribution in [-0.4, -0.2) is 34.4 Å². The van der Waals surface area contributed by atoms with Crippen molar-refractivity contribution in [3.8, 4) is 11.3 Å². The van der Waals surface area contributed by atoms with Gasteiger partial charge in [-0.05, 0) is 30.9 Å². The van der Waals surface area contributed by atoms with Crippen LogP contribution in [0, 0.1) is 5.92 Å². The third kappa shape index (κ3) is 3.20. The Bertz CT molecular complexity index is 792. The fourth-order valence-corrected chi connectivity index (χ4v) is 3.67. The maximum Gasteiger partial charge on any atom is 0.214 e. The van der Waals surface area contributed by atoms with E-state index in [1.165, 1.54) is 0 Å². The maximum atomic E-state index is 5.96. The molecule has 1 aliphatic rings. The molecule has 1 N–H and O–H groups in total. The Morgan fingerprint density at radius 1 is 1.26 bits per heavy atom. The summed E-state index contributed by atoms with van der Waals surface area (Å²) in [6.45, 7) is 2.68. The fourth-order valence-electron chi connectivity index (χ4n) is 2.76. The number of benzene rings is 1. The average molecular weight is 349 g/mol. The number of fused-ring (bicyclic) bond motifs is 1. The first-order valence-corrected chi connectivity index (χ1v) is 8.91. The maximum absolute atomic E-state index is 5.96. The Kier molecular flexibility index (Phi) is 4.20. The van der Waals surface area contributed by atoms with Crippen LogP contribution < -0.4 is 5.32 Å². The van der Waals surface area contributed by atoms with E-state index in [4.69, 9.17) is 16.3 Å². The largest absolute Gasteiger partial charge is 0.381 e. The molecule has 0 radical (unpaired) electrons. The molecule has 3 aromatic rings. The van der Waals surface area contributed by atoms with Crippen LogP contribution in [0.4, 0.5) is 5.13 Å². The second kappa shape index (κ2) is 6.47. The summed E-state index contributed by atoms with van der Waals surface area (Å²) in [6.07, 6.45) is 4.08. The minimum absolute atomic E-state index is 0.663. The summed E-state index contributed by atoms with van der Waals surface area (Å²) in [5.74, 6) is 0.663. The van der Waals surface area contributed by atoms with Gasteiger partial charge in [-0.15, -0.1) is 5.10 Å². The molecule has 120 valence electrons. The predicted octanol–water partition coefficient (Wildman–Crippen LogP) is 3.95. The number of rotatable bonds is 4. The van der Waals surface area contributed by atoms with E-state index in [0.717, 1.165) is 59.0 Å².